The summed E-state index contributed by atoms with van der Waals surface area (Å²) in [6.07, 6.45) is 0.743. The number of hydrogen-bond donors (Lipinski definition) is 2. The van der Waals surface area contributed by atoms with Crippen LogP contribution in [0.2, 0.25) is 5.02 Å². The summed E-state index contributed by atoms with van der Waals surface area (Å²) < 4.78 is 10.4. The van der Waals surface area contributed by atoms with Crippen LogP contribution < -0.4 is 15.4 Å². The van der Waals surface area contributed by atoms with Crippen LogP contribution >= 0.6 is 11.6 Å². The summed E-state index contributed by atoms with van der Waals surface area (Å²) in [4.78, 5) is 15.0. The van der Waals surface area contributed by atoms with E-state index in [-0.39, 0.29) is 18.0 Å². The van der Waals surface area contributed by atoms with Gasteiger partial charge in [-0.1, -0.05) is 41.9 Å². The van der Waals surface area contributed by atoms with Crippen molar-refractivity contribution >= 4 is 17.5 Å². The van der Waals surface area contributed by atoms with E-state index in [1.54, 1.807) is 14.2 Å². The van der Waals surface area contributed by atoms with Crippen molar-refractivity contribution in [1.82, 2.24) is 15.5 Å². The van der Waals surface area contributed by atoms with Gasteiger partial charge in [0.05, 0.1) is 19.8 Å². The minimum Gasteiger partial charge on any atom is -0.497 e. The molecule has 30 heavy (non-hydrogen) atoms. The molecule has 0 saturated carbocycles. The summed E-state index contributed by atoms with van der Waals surface area (Å²) in [6, 6.07) is 15.8. The number of carbonyl (C=O) groups is 1. The minimum absolute atomic E-state index is 0.0322. The average molecular weight is 432 g/mol. The molecule has 0 unspecified atom stereocenters. The summed E-state index contributed by atoms with van der Waals surface area (Å²) in [7, 11) is 3.30. The van der Waals surface area contributed by atoms with Crippen LogP contribution in [0.15, 0.2) is 48.5 Å². The predicted octanol–water partition coefficient (Wildman–Crippen LogP) is 2.84. The molecule has 6 nitrogen and oxygen atoms in total. The van der Waals surface area contributed by atoms with Gasteiger partial charge in [-0.05, 0) is 35.7 Å². The fourth-order valence-electron chi connectivity index (χ4n) is 3.78. The van der Waals surface area contributed by atoms with Crippen LogP contribution in [0, 0.1) is 0 Å². The van der Waals surface area contributed by atoms with Crippen LogP contribution in [-0.4, -0.2) is 56.8 Å². The van der Waals surface area contributed by atoms with Crippen molar-refractivity contribution in [3.63, 3.8) is 0 Å². The van der Waals surface area contributed by atoms with Crippen LogP contribution in [0.3, 0.4) is 0 Å². The van der Waals surface area contributed by atoms with Gasteiger partial charge in [-0.15, -0.1) is 0 Å². The van der Waals surface area contributed by atoms with E-state index in [1.807, 2.05) is 42.5 Å². The molecule has 2 aromatic carbocycles. The first-order valence-electron chi connectivity index (χ1n) is 10.2. The third kappa shape index (κ3) is 6.19. The fraction of sp³-hybridized carbons (Fsp3) is 0.435. The molecule has 2 N–H and O–H groups in total. The van der Waals surface area contributed by atoms with E-state index in [4.69, 9.17) is 21.1 Å². The molecule has 1 fully saturated rings. The topological polar surface area (TPSA) is 62.8 Å². The minimum atomic E-state index is -0.207. The van der Waals surface area contributed by atoms with Gasteiger partial charge < -0.3 is 20.1 Å². The molecule has 1 aliphatic heterocycles. The Morgan fingerprint density at radius 1 is 1.20 bits per heavy atom. The molecule has 2 atom stereocenters. The molecule has 1 aliphatic rings. The highest BCUT2D eigenvalue weighted by atomic mass is 35.5. The highest BCUT2D eigenvalue weighted by Gasteiger charge is 2.36. The SMILES string of the molecule is COCCNC(=O)[C@@H]1C[C@H](NCc2cccc(OC)c2)CN1Cc1ccccc1Cl. The molecule has 0 bridgehead atoms. The maximum absolute atomic E-state index is 12.8. The smallest absolute Gasteiger partial charge is 0.237 e. The van der Waals surface area contributed by atoms with Gasteiger partial charge in [-0.3, -0.25) is 9.69 Å². The van der Waals surface area contributed by atoms with Crippen molar-refractivity contribution in [2.45, 2.75) is 31.6 Å². The second-order valence-corrected chi connectivity index (χ2v) is 7.89. The first-order valence-corrected chi connectivity index (χ1v) is 10.6. The van der Waals surface area contributed by atoms with Crippen molar-refractivity contribution in [3.8, 4) is 5.75 Å². The third-order valence-corrected chi connectivity index (χ3v) is 5.74. The number of halogens is 1. The van der Waals surface area contributed by atoms with Crippen molar-refractivity contribution < 1.29 is 14.3 Å². The zero-order chi connectivity index (χ0) is 21.3. The van der Waals surface area contributed by atoms with Crippen LogP contribution in [0.25, 0.3) is 0 Å². The van der Waals surface area contributed by atoms with Gasteiger partial charge in [-0.25, -0.2) is 0 Å². The molecule has 2 aromatic rings. The van der Waals surface area contributed by atoms with E-state index >= 15 is 0 Å². The molecule has 7 heteroatoms. The van der Waals surface area contributed by atoms with E-state index in [0.29, 0.717) is 19.7 Å². The molecule has 1 heterocycles. The number of amides is 1. The largest absolute Gasteiger partial charge is 0.497 e. The van der Waals surface area contributed by atoms with Gasteiger partial charge in [0.1, 0.15) is 5.75 Å². The monoisotopic (exact) mass is 431 g/mol. The molecule has 0 spiro atoms. The molecule has 0 radical (unpaired) electrons. The fourth-order valence-corrected chi connectivity index (χ4v) is 3.98. The number of benzene rings is 2. The van der Waals surface area contributed by atoms with Crippen molar-refractivity contribution in [1.29, 1.82) is 0 Å². The van der Waals surface area contributed by atoms with E-state index in [2.05, 4.69) is 21.6 Å². The van der Waals surface area contributed by atoms with E-state index in [1.165, 1.54) is 0 Å². The Hall–Kier alpha value is -2.12. The first kappa shape index (κ1) is 22.6. The molecule has 1 saturated heterocycles. The second kappa shape index (κ2) is 11.3. The predicted molar refractivity (Wildman–Crippen MR) is 119 cm³/mol. The van der Waals surface area contributed by atoms with E-state index in [0.717, 1.165) is 41.4 Å². The van der Waals surface area contributed by atoms with Crippen LogP contribution in [0.1, 0.15) is 17.5 Å². The molecular weight excluding hydrogens is 402 g/mol. The Morgan fingerprint density at radius 3 is 2.80 bits per heavy atom. The van der Waals surface area contributed by atoms with Crippen molar-refractivity contribution in [3.05, 3.63) is 64.7 Å². The van der Waals surface area contributed by atoms with Gasteiger partial charge >= 0.3 is 0 Å². The van der Waals surface area contributed by atoms with E-state index in [9.17, 15) is 4.79 Å². The average Bonchev–Trinajstić information content (AvgIpc) is 3.17. The molecule has 3 rings (SSSR count). The quantitative estimate of drug-likeness (QED) is 0.566. The van der Waals surface area contributed by atoms with Gasteiger partial charge in [0.25, 0.3) is 0 Å². The van der Waals surface area contributed by atoms with Crippen LogP contribution in [0.4, 0.5) is 0 Å². The highest BCUT2D eigenvalue weighted by Crippen LogP contribution is 2.25. The Labute approximate surface area is 183 Å². The van der Waals surface area contributed by atoms with E-state index < -0.39 is 0 Å². The van der Waals surface area contributed by atoms with Gasteiger partial charge in [0, 0.05) is 44.4 Å². The zero-order valence-corrected chi connectivity index (χ0v) is 18.3. The molecule has 162 valence electrons. The highest BCUT2D eigenvalue weighted by molar-refractivity contribution is 6.31. The molecule has 0 aliphatic carbocycles. The summed E-state index contributed by atoms with van der Waals surface area (Å²) in [6.45, 7) is 3.14. The number of methoxy groups -OCH3 is 2. The Balaban J connectivity index is 1.65. The maximum Gasteiger partial charge on any atom is 0.237 e. The number of hydrogen-bond acceptors (Lipinski definition) is 5. The van der Waals surface area contributed by atoms with Crippen LogP contribution in [0.5, 0.6) is 5.75 Å². The van der Waals surface area contributed by atoms with Gasteiger partial charge in [0.2, 0.25) is 5.91 Å². The second-order valence-electron chi connectivity index (χ2n) is 7.49. The standard InChI is InChI=1S/C23H30ClN3O3/c1-29-11-10-25-23(28)22-13-19(26-14-17-6-5-8-20(12-17)30-2)16-27(22)15-18-7-3-4-9-21(18)24/h3-9,12,19,22,26H,10-11,13-16H2,1-2H3,(H,25,28)/t19-,22-/m0/s1. The summed E-state index contributed by atoms with van der Waals surface area (Å²) in [5.41, 5.74) is 2.18. The zero-order valence-electron chi connectivity index (χ0n) is 17.6. The molecular formula is C23H30ClN3O3. The molecule has 0 aromatic heterocycles. The normalized spacial score (nSPS) is 19.0. The number of nitrogens with zero attached hydrogens (tertiary/aromatic N) is 1. The van der Waals surface area contributed by atoms with Gasteiger partial charge in [-0.2, -0.15) is 0 Å². The van der Waals surface area contributed by atoms with Crippen LogP contribution in [-0.2, 0) is 22.6 Å². The Kier molecular flexibility index (Phi) is 8.51. The maximum atomic E-state index is 12.8. The number of carbonyl (C=O) groups excluding carboxylic acids is 1. The number of ether oxygens (including phenoxy) is 2. The molecule has 1 amide bonds. The lowest BCUT2D eigenvalue weighted by Gasteiger charge is -2.24. The number of nitrogens with one attached hydrogen (secondary N) is 2. The summed E-state index contributed by atoms with van der Waals surface area (Å²) in [5, 5.41) is 7.30. The lowest BCUT2D eigenvalue weighted by molar-refractivity contribution is -0.125. The number of likely N-dealkylation sites (tertiary alicyclic amines) is 1. The lowest BCUT2D eigenvalue weighted by Crippen LogP contribution is -2.43. The summed E-state index contributed by atoms with van der Waals surface area (Å²) in [5.74, 6) is 0.876. The lowest BCUT2D eigenvalue weighted by atomic mass is 10.1. The Morgan fingerprint density at radius 2 is 2.03 bits per heavy atom. The van der Waals surface area contributed by atoms with Crippen molar-refractivity contribution in [2.75, 3.05) is 33.9 Å². The van der Waals surface area contributed by atoms with Gasteiger partial charge in [0.15, 0.2) is 0 Å². The summed E-state index contributed by atoms with van der Waals surface area (Å²) >= 11 is 6.37. The Bertz CT molecular complexity index is 833. The van der Waals surface area contributed by atoms with Crippen molar-refractivity contribution in [2.24, 2.45) is 0 Å². The first-order chi connectivity index (χ1) is 14.6. The third-order valence-electron chi connectivity index (χ3n) is 5.37. The number of rotatable bonds is 10.